The van der Waals surface area contributed by atoms with Crippen molar-refractivity contribution in [3.63, 3.8) is 0 Å². The monoisotopic (exact) mass is 1010 g/mol. The molecule has 2 heterocycles. The van der Waals surface area contributed by atoms with Crippen LogP contribution < -0.4 is 4.74 Å². The second-order valence-electron chi connectivity index (χ2n) is 26.1. The lowest BCUT2D eigenvalue weighted by Gasteiger charge is -2.58. The molecule has 3 saturated carbocycles. The number of methoxy groups -OCH3 is 1. The van der Waals surface area contributed by atoms with Crippen LogP contribution in [0.15, 0.2) is 18.2 Å². The lowest BCUT2D eigenvalue weighted by Crippen LogP contribution is -2.59. The molecular weight excluding hydrogens is 925 g/mol. The van der Waals surface area contributed by atoms with Gasteiger partial charge >= 0.3 is 17.9 Å². The predicted molar refractivity (Wildman–Crippen MR) is 280 cm³/mol. The molecule has 3 aromatic carbocycles. The van der Waals surface area contributed by atoms with Crippen LogP contribution in [0.3, 0.4) is 0 Å². The summed E-state index contributed by atoms with van der Waals surface area (Å²) in [4.78, 5) is 38.0. The highest BCUT2D eigenvalue weighted by atomic mass is 16.5. The average Bonchev–Trinajstić information content (AvgIpc) is 3.30. The maximum absolute atomic E-state index is 12.9. The van der Waals surface area contributed by atoms with Crippen LogP contribution in [-0.2, 0) is 48.2 Å². The number of benzene rings is 3. The predicted octanol–water partition coefficient (Wildman–Crippen LogP) is 13.2. The summed E-state index contributed by atoms with van der Waals surface area (Å²) in [7, 11) is 1.55. The largest absolute Gasteiger partial charge is 0.504 e. The maximum Gasteiger partial charge on any atom is 0.317 e. The second-order valence-corrected chi connectivity index (χ2v) is 26.1. The van der Waals surface area contributed by atoms with Crippen molar-refractivity contribution in [1.29, 1.82) is 0 Å². The van der Waals surface area contributed by atoms with Crippen LogP contribution in [0.25, 0.3) is 0 Å². The van der Waals surface area contributed by atoms with E-state index in [1.807, 2.05) is 39.8 Å². The molecule has 12 heteroatoms. The Morgan fingerprint density at radius 2 is 0.973 bits per heavy atom. The fraction of sp³-hybridized carbons (Fsp3) is 0.656. The first-order valence-electron chi connectivity index (χ1n) is 27.3. The van der Waals surface area contributed by atoms with Crippen molar-refractivity contribution < 1.29 is 59.6 Å². The molecule has 11 rings (SSSR count). The minimum absolute atomic E-state index is 0.0202. The smallest absolute Gasteiger partial charge is 0.317 e. The average molecular weight is 1010 g/mol. The van der Waals surface area contributed by atoms with Crippen molar-refractivity contribution in [1.82, 2.24) is 0 Å². The molecule has 2 bridgehead atoms. The van der Waals surface area contributed by atoms with Gasteiger partial charge in [0, 0.05) is 38.9 Å². The van der Waals surface area contributed by atoms with Crippen molar-refractivity contribution >= 4 is 17.9 Å². The van der Waals surface area contributed by atoms with E-state index in [-0.39, 0.29) is 92.6 Å². The van der Waals surface area contributed by atoms with Gasteiger partial charge in [-0.05, 0) is 140 Å². The van der Waals surface area contributed by atoms with Crippen molar-refractivity contribution in [3.8, 4) is 34.5 Å². The van der Waals surface area contributed by atoms with Crippen molar-refractivity contribution in [3.05, 3.63) is 68.3 Å². The van der Waals surface area contributed by atoms with Crippen LogP contribution in [0.2, 0.25) is 0 Å². The highest BCUT2D eigenvalue weighted by Crippen LogP contribution is 2.67. The molecule has 0 unspecified atom stereocenters. The van der Waals surface area contributed by atoms with E-state index in [2.05, 4.69) is 61.5 Å². The number of carboxylic acids is 2. The lowest BCUT2D eigenvalue weighted by atomic mass is 9.47. The normalized spacial score (nSPS) is 29.6. The summed E-state index contributed by atoms with van der Waals surface area (Å²) in [5.41, 5.74) is 3.86. The Hall–Kier alpha value is -5.13. The lowest BCUT2D eigenvalue weighted by molar-refractivity contribution is -0.185. The number of carboxylic acid groups (broad SMARTS) is 2. The number of phenolic OH excluding ortho intramolecular Hbond substituents is 5. The summed E-state index contributed by atoms with van der Waals surface area (Å²) in [5.74, 6) is -1.40. The first-order chi connectivity index (χ1) is 34.0. The van der Waals surface area contributed by atoms with Gasteiger partial charge in [0.05, 0.1) is 17.9 Å². The minimum atomic E-state index is -1.09. The molecule has 3 aromatic rings. The molecule has 7 atom stereocenters. The Morgan fingerprint density at radius 3 is 1.42 bits per heavy atom. The third kappa shape index (κ3) is 8.06. The topological polar surface area (TPSA) is 211 Å². The van der Waals surface area contributed by atoms with Crippen molar-refractivity contribution in [2.24, 2.45) is 34.0 Å². The van der Waals surface area contributed by atoms with E-state index in [0.717, 1.165) is 98.4 Å². The van der Waals surface area contributed by atoms with Gasteiger partial charge in [-0.25, -0.2) is 0 Å². The maximum atomic E-state index is 12.9. The number of aliphatic carboxylic acids is 2. The van der Waals surface area contributed by atoms with Gasteiger partial charge in [0.25, 0.3) is 0 Å². The standard InChI is InChI=1S/C21H30O4.C20H26O4.C20H28O4/c1-12(2)14-11-13-7-8-15-20(3,4)9-6-10-21(15,19(23)24)16(13)17(22)18(14)25-5;1-10(2)11-8-12-13-9-14-19(3,4)6-5-7-20(14,18(23)24-13)15(12)17(22)16(11)21;1-11(2)13-10-12-6-7-14-19(3,4)8-5-9-20(14,18(23)24)15(12)17(22)16(13)21/h11-12,15,22H,6-10H2,1-5H3,(H,23,24);8,10,13-14,21-22H,5-7,9H2,1-4H3;10-11,14,21-22H,5-9H2,1-4H3,(H,23,24)/t15-,21+;13-,14-,20+;14-,20+/m000/s1. The van der Waals surface area contributed by atoms with Crippen molar-refractivity contribution in [2.45, 2.75) is 213 Å². The van der Waals surface area contributed by atoms with E-state index >= 15 is 0 Å². The summed E-state index contributed by atoms with van der Waals surface area (Å²) in [6.07, 6.45) is 11.3. The molecule has 12 nitrogen and oxygen atoms in total. The zero-order valence-electron chi connectivity index (χ0n) is 45.8. The van der Waals surface area contributed by atoms with Gasteiger partial charge in [0.2, 0.25) is 0 Å². The number of hydrogen-bond acceptors (Lipinski definition) is 10. The molecule has 1 spiro atoms. The summed E-state index contributed by atoms with van der Waals surface area (Å²) >= 11 is 0. The van der Waals surface area contributed by atoms with Crippen LogP contribution in [0.1, 0.15) is 234 Å². The summed E-state index contributed by atoms with van der Waals surface area (Å²) in [5, 5.41) is 74.3. The molecule has 0 radical (unpaired) electrons. The quantitative estimate of drug-likeness (QED) is 0.0908. The number of rotatable bonds is 6. The zero-order chi connectivity index (χ0) is 53.9. The SMILES string of the molecule is CC(C)c1cc2c(c(O)c1O)[C@@]1(C(=O)O)CCCC(C)(C)[C@@H]1CC2.CC(C)c1cc2c(c(O)c1O)[C@@]13CCCC(C)(C)[C@@H]1C[C@@H]2OC3=O.COc1c(C(C)C)cc2c(c1O)[C@@]1(C(=O)O)CCCC(C)(C)[C@@H]1CC2. The van der Waals surface area contributed by atoms with Gasteiger partial charge in [-0.3, -0.25) is 14.4 Å². The molecule has 2 aliphatic heterocycles. The Morgan fingerprint density at radius 1 is 0.562 bits per heavy atom. The van der Waals surface area contributed by atoms with Crippen LogP contribution in [-0.4, -0.2) is 60.8 Å². The van der Waals surface area contributed by atoms with E-state index in [1.54, 1.807) is 7.11 Å². The molecule has 73 heavy (non-hydrogen) atoms. The minimum Gasteiger partial charge on any atom is -0.504 e. The number of carbonyl (C=O) groups excluding carboxylic acids is 1. The second kappa shape index (κ2) is 18.6. The number of hydrogen-bond donors (Lipinski definition) is 7. The van der Waals surface area contributed by atoms with Crippen LogP contribution >= 0.6 is 0 Å². The van der Waals surface area contributed by atoms with Gasteiger partial charge in [-0.2, -0.15) is 0 Å². The summed E-state index contributed by atoms with van der Waals surface area (Å²) in [6, 6.07) is 5.93. The van der Waals surface area contributed by atoms with E-state index in [9.17, 15) is 50.1 Å². The summed E-state index contributed by atoms with van der Waals surface area (Å²) < 4.78 is 11.3. The molecule has 4 fully saturated rings. The van der Waals surface area contributed by atoms with Gasteiger partial charge in [-0.1, -0.05) is 114 Å². The number of carbonyl (C=O) groups is 3. The zero-order valence-corrected chi connectivity index (χ0v) is 45.8. The summed E-state index contributed by atoms with van der Waals surface area (Å²) in [6.45, 7) is 25.1. The van der Waals surface area contributed by atoms with E-state index in [4.69, 9.17) is 9.47 Å². The molecule has 8 aliphatic rings. The Kier molecular flexibility index (Phi) is 13.8. The Bertz CT molecular complexity index is 2690. The van der Waals surface area contributed by atoms with E-state index < -0.39 is 28.2 Å². The van der Waals surface area contributed by atoms with Crippen LogP contribution in [0.5, 0.6) is 34.5 Å². The third-order valence-electron chi connectivity index (χ3n) is 19.9. The van der Waals surface area contributed by atoms with Gasteiger partial charge in [-0.15, -0.1) is 0 Å². The van der Waals surface area contributed by atoms with Crippen LogP contribution in [0, 0.1) is 34.0 Å². The molecular formula is C61H84O12. The molecule has 6 aliphatic carbocycles. The Balaban J connectivity index is 0.000000146. The number of aryl methyl sites for hydroxylation is 2. The fourth-order valence-electron chi connectivity index (χ4n) is 16.4. The number of fused-ring (bicyclic) bond motifs is 7. The Labute approximate surface area is 432 Å². The van der Waals surface area contributed by atoms with Gasteiger partial charge in [0.15, 0.2) is 34.5 Å². The number of phenols is 5. The van der Waals surface area contributed by atoms with Gasteiger partial charge < -0.3 is 45.2 Å². The number of esters is 1. The van der Waals surface area contributed by atoms with E-state index in [1.165, 1.54) is 0 Å². The number of aromatic hydroxyl groups is 5. The number of ether oxygens (including phenoxy) is 2. The highest BCUT2D eigenvalue weighted by molar-refractivity contribution is 5.90. The fourth-order valence-corrected chi connectivity index (χ4v) is 16.4. The van der Waals surface area contributed by atoms with Gasteiger partial charge in [0.1, 0.15) is 11.5 Å². The molecule has 0 amide bonds. The van der Waals surface area contributed by atoms with Crippen molar-refractivity contribution in [2.75, 3.05) is 7.11 Å². The van der Waals surface area contributed by atoms with E-state index in [0.29, 0.717) is 47.3 Å². The molecule has 400 valence electrons. The molecule has 7 N–H and O–H groups in total. The highest BCUT2D eigenvalue weighted by Gasteiger charge is 2.65. The first-order valence-corrected chi connectivity index (χ1v) is 27.3. The molecule has 1 saturated heterocycles. The first kappa shape index (κ1) is 54.1. The molecule has 0 aromatic heterocycles. The third-order valence-corrected chi connectivity index (χ3v) is 19.9. The van der Waals surface area contributed by atoms with Crippen LogP contribution in [0.4, 0.5) is 0 Å².